The van der Waals surface area contributed by atoms with Crippen LogP contribution in [0.2, 0.25) is 0 Å². The summed E-state index contributed by atoms with van der Waals surface area (Å²) in [5, 5.41) is 2.58. The first-order valence-electron chi connectivity index (χ1n) is 4.79. The SMILES string of the molecule is CC(=O)NCC=Cc1ccc(F)cc1C=O. The van der Waals surface area contributed by atoms with E-state index in [9.17, 15) is 14.0 Å². The number of aldehydes is 1. The third-order valence-electron chi connectivity index (χ3n) is 1.94. The molecule has 0 saturated carbocycles. The Bertz CT molecular complexity index is 427. The van der Waals surface area contributed by atoms with Gasteiger partial charge in [-0.1, -0.05) is 18.2 Å². The molecule has 0 bridgehead atoms. The van der Waals surface area contributed by atoms with Crippen LogP contribution in [0, 0.1) is 5.82 Å². The molecule has 1 rings (SSSR count). The summed E-state index contributed by atoms with van der Waals surface area (Å²) in [6, 6.07) is 3.97. The van der Waals surface area contributed by atoms with Gasteiger partial charge in [0.2, 0.25) is 5.91 Å². The van der Waals surface area contributed by atoms with Crippen molar-refractivity contribution in [1.82, 2.24) is 5.32 Å². The number of amides is 1. The summed E-state index contributed by atoms with van der Waals surface area (Å²) in [5.74, 6) is -0.569. The van der Waals surface area contributed by atoms with Gasteiger partial charge in [-0.25, -0.2) is 4.39 Å². The van der Waals surface area contributed by atoms with Crippen LogP contribution in [0.15, 0.2) is 24.3 Å². The zero-order valence-corrected chi connectivity index (χ0v) is 8.87. The number of carbonyl (C=O) groups is 2. The summed E-state index contributed by atoms with van der Waals surface area (Å²) in [6.07, 6.45) is 3.96. The number of nitrogens with one attached hydrogen (secondary N) is 1. The number of hydrogen-bond acceptors (Lipinski definition) is 2. The van der Waals surface area contributed by atoms with E-state index in [4.69, 9.17) is 0 Å². The molecule has 4 heteroatoms. The predicted octanol–water partition coefficient (Wildman–Crippen LogP) is 1.79. The molecule has 0 aliphatic rings. The fraction of sp³-hybridized carbons (Fsp3) is 0.167. The molecule has 0 aliphatic carbocycles. The first-order chi connectivity index (χ1) is 7.63. The Morgan fingerprint density at radius 3 is 2.81 bits per heavy atom. The van der Waals surface area contributed by atoms with E-state index in [1.807, 2.05) is 0 Å². The van der Waals surface area contributed by atoms with Crippen molar-refractivity contribution in [3.8, 4) is 0 Å². The number of benzene rings is 1. The fourth-order valence-electron chi connectivity index (χ4n) is 1.19. The zero-order valence-electron chi connectivity index (χ0n) is 8.87. The molecular weight excluding hydrogens is 209 g/mol. The molecule has 0 radical (unpaired) electrons. The second-order valence-electron chi connectivity index (χ2n) is 3.23. The Morgan fingerprint density at radius 2 is 2.19 bits per heavy atom. The van der Waals surface area contributed by atoms with E-state index < -0.39 is 5.82 Å². The summed E-state index contributed by atoms with van der Waals surface area (Å²) in [5.41, 5.74) is 0.917. The number of rotatable bonds is 4. The number of carbonyl (C=O) groups excluding carboxylic acids is 2. The lowest BCUT2D eigenvalue weighted by atomic mass is 10.1. The minimum atomic E-state index is -0.443. The molecule has 1 N–H and O–H groups in total. The summed E-state index contributed by atoms with van der Waals surface area (Å²) in [6.45, 7) is 1.80. The molecule has 84 valence electrons. The molecule has 0 saturated heterocycles. The Labute approximate surface area is 93.0 Å². The highest BCUT2D eigenvalue weighted by molar-refractivity contribution is 5.81. The normalized spacial score (nSPS) is 10.4. The minimum absolute atomic E-state index is 0.126. The van der Waals surface area contributed by atoms with Gasteiger partial charge in [0.1, 0.15) is 5.82 Å². The maximum absolute atomic E-state index is 12.8. The highest BCUT2D eigenvalue weighted by Crippen LogP contribution is 2.10. The smallest absolute Gasteiger partial charge is 0.217 e. The van der Waals surface area contributed by atoms with E-state index in [-0.39, 0.29) is 5.91 Å². The average Bonchev–Trinajstić information content (AvgIpc) is 2.25. The Kier molecular flexibility index (Phi) is 4.39. The lowest BCUT2D eigenvalue weighted by Gasteiger charge is -1.99. The van der Waals surface area contributed by atoms with Crippen molar-refractivity contribution in [2.24, 2.45) is 0 Å². The molecule has 0 spiro atoms. The Morgan fingerprint density at radius 1 is 1.44 bits per heavy atom. The van der Waals surface area contributed by atoms with Crippen LogP contribution in [0.3, 0.4) is 0 Å². The van der Waals surface area contributed by atoms with Crippen LogP contribution in [-0.2, 0) is 4.79 Å². The predicted molar refractivity (Wildman–Crippen MR) is 59.5 cm³/mol. The van der Waals surface area contributed by atoms with E-state index in [1.165, 1.54) is 25.1 Å². The van der Waals surface area contributed by atoms with Gasteiger partial charge in [0, 0.05) is 19.0 Å². The van der Waals surface area contributed by atoms with Crippen molar-refractivity contribution >= 4 is 18.3 Å². The van der Waals surface area contributed by atoms with Crippen molar-refractivity contribution in [2.45, 2.75) is 6.92 Å². The molecule has 0 aliphatic heterocycles. The van der Waals surface area contributed by atoms with Crippen LogP contribution < -0.4 is 5.32 Å². The standard InChI is InChI=1S/C12H12FNO2/c1-9(16)14-6-2-3-10-4-5-12(13)7-11(10)8-15/h2-5,7-8H,6H2,1H3,(H,14,16). The minimum Gasteiger partial charge on any atom is -0.353 e. The van der Waals surface area contributed by atoms with Gasteiger partial charge in [0.15, 0.2) is 6.29 Å². The second-order valence-corrected chi connectivity index (χ2v) is 3.23. The van der Waals surface area contributed by atoms with Crippen LogP contribution >= 0.6 is 0 Å². The van der Waals surface area contributed by atoms with Gasteiger partial charge < -0.3 is 5.32 Å². The van der Waals surface area contributed by atoms with Gasteiger partial charge >= 0.3 is 0 Å². The molecule has 0 fully saturated rings. The third-order valence-corrected chi connectivity index (χ3v) is 1.94. The molecule has 1 aromatic carbocycles. The largest absolute Gasteiger partial charge is 0.353 e. The van der Waals surface area contributed by atoms with Gasteiger partial charge in [-0.3, -0.25) is 9.59 Å². The zero-order chi connectivity index (χ0) is 12.0. The molecule has 0 heterocycles. The van der Waals surface area contributed by atoms with Gasteiger partial charge in [-0.15, -0.1) is 0 Å². The first kappa shape index (κ1) is 12.1. The third kappa shape index (κ3) is 3.65. The molecule has 0 aromatic heterocycles. The van der Waals surface area contributed by atoms with Crippen molar-refractivity contribution < 1.29 is 14.0 Å². The molecular formula is C12H12FNO2. The van der Waals surface area contributed by atoms with Crippen LogP contribution in [-0.4, -0.2) is 18.7 Å². The highest BCUT2D eigenvalue weighted by atomic mass is 19.1. The lowest BCUT2D eigenvalue weighted by Crippen LogP contribution is -2.19. The van der Waals surface area contributed by atoms with Gasteiger partial charge in [0.05, 0.1) is 0 Å². The molecule has 1 aromatic rings. The maximum Gasteiger partial charge on any atom is 0.217 e. The van der Waals surface area contributed by atoms with Crippen molar-refractivity contribution in [3.05, 3.63) is 41.2 Å². The first-order valence-corrected chi connectivity index (χ1v) is 4.79. The number of hydrogen-bond donors (Lipinski definition) is 1. The molecule has 0 unspecified atom stereocenters. The number of halogens is 1. The van der Waals surface area contributed by atoms with E-state index in [2.05, 4.69) is 5.32 Å². The van der Waals surface area contributed by atoms with Gasteiger partial charge in [-0.2, -0.15) is 0 Å². The maximum atomic E-state index is 12.8. The Balaban J connectivity index is 2.72. The quantitative estimate of drug-likeness (QED) is 0.788. The molecule has 1 amide bonds. The van der Waals surface area contributed by atoms with E-state index in [0.717, 1.165) is 0 Å². The fourth-order valence-corrected chi connectivity index (χ4v) is 1.19. The second kappa shape index (κ2) is 5.80. The van der Waals surface area contributed by atoms with Crippen molar-refractivity contribution in [2.75, 3.05) is 6.54 Å². The summed E-state index contributed by atoms with van der Waals surface area (Å²) in [7, 11) is 0. The van der Waals surface area contributed by atoms with Crippen LogP contribution in [0.4, 0.5) is 4.39 Å². The van der Waals surface area contributed by atoms with Crippen LogP contribution in [0.5, 0.6) is 0 Å². The Hall–Kier alpha value is -1.97. The molecule has 0 atom stereocenters. The van der Waals surface area contributed by atoms with Crippen LogP contribution in [0.25, 0.3) is 6.08 Å². The van der Waals surface area contributed by atoms with Crippen molar-refractivity contribution in [3.63, 3.8) is 0 Å². The summed E-state index contributed by atoms with van der Waals surface area (Å²) in [4.78, 5) is 21.2. The van der Waals surface area contributed by atoms with Crippen LogP contribution in [0.1, 0.15) is 22.8 Å². The van der Waals surface area contributed by atoms with Crippen molar-refractivity contribution in [1.29, 1.82) is 0 Å². The summed E-state index contributed by atoms with van der Waals surface area (Å²) >= 11 is 0. The average molecular weight is 221 g/mol. The van der Waals surface area contributed by atoms with Gasteiger partial charge in [0.25, 0.3) is 0 Å². The monoisotopic (exact) mass is 221 g/mol. The lowest BCUT2D eigenvalue weighted by molar-refractivity contribution is -0.118. The summed E-state index contributed by atoms with van der Waals surface area (Å²) < 4.78 is 12.8. The van der Waals surface area contributed by atoms with Gasteiger partial charge in [-0.05, 0) is 17.7 Å². The van der Waals surface area contributed by atoms with E-state index in [1.54, 1.807) is 12.2 Å². The topological polar surface area (TPSA) is 46.2 Å². The highest BCUT2D eigenvalue weighted by Gasteiger charge is 1.99. The van der Waals surface area contributed by atoms with E-state index >= 15 is 0 Å². The molecule has 16 heavy (non-hydrogen) atoms. The van der Waals surface area contributed by atoms with E-state index in [0.29, 0.717) is 24.0 Å². The molecule has 3 nitrogen and oxygen atoms in total.